The minimum atomic E-state index is -0.288. The number of carbonyl (C=O) groups is 1. The SMILES string of the molecule is CC(NCC(=O)NCCc1ccc(F)cc1)c1ccccc1F. The Morgan fingerprint density at radius 3 is 2.48 bits per heavy atom. The summed E-state index contributed by atoms with van der Waals surface area (Å²) < 4.78 is 26.4. The number of nitrogens with one attached hydrogen (secondary N) is 2. The second-order valence-corrected chi connectivity index (χ2v) is 5.35. The van der Waals surface area contributed by atoms with Crippen LogP contribution in [0.15, 0.2) is 48.5 Å². The Morgan fingerprint density at radius 2 is 1.78 bits per heavy atom. The van der Waals surface area contributed by atoms with Gasteiger partial charge in [0.15, 0.2) is 0 Å². The third-order valence-corrected chi connectivity index (χ3v) is 3.59. The fourth-order valence-electron chi connectivity index (χ4n) is 2.24. The summed E-state index contributed by atoms with van der Waals surface area (Å²) >= 11 is 0. The number of benzene rings is 2. The molecule has 0 aromatic heterocycles. The average Bonchev–Trinajstić information content (AvgIpc) is 2.55. The van der Waals surface area contributed by atoms with Crippen molar-refractivity contribution in [3.8, 4) is 0 Å². The van der Waals surface area contributed by atoms with E-state index in [4.69, 9.17) is 0 Å². The molecule has 0 saturated carbocycles. The molecule has 1 atom stereocenters. The number of carbonyl (C=O) groups excluding carboxylic acids is 1. The lowest BCUT2D eigenvalue weighted by molar-refractivity contribution is -0.120. The van der Waals surface area contributed by atoms with Crippen LogP contribution in [0.1, 0.15) is 24.1 Å². The van der Waals surface area contributed by atoms with Crippen LogP contribution in [-0.2, 0) is 11.2 Å². The minimum absolute atomic E-state index is 0.110. The van der Waals surface area contributed by atoms with Gasteiger partial charge in [-0.1, -0.05) is 30.3 Å². The van der Waals surface area contributed by atoms with E-state index in [2.05, 4.69) is 10.6 Å². The van der Waals surface area contributed by atoms with Gasteiger partial charge in [-0.15, -0.1) is 0 Å². The van der Waals surface area contributed by atoms with Gasteiger partial charge in [-0.25, -0.2) is 8.78 Å². The first-order valence-electron chi connectivity index (χ1n) is 7.55. The molecular weight excluding hydrogens is 298 g/mol. The molecule has 0 aliphatic heterocycles. The monoisotopic (exact) mass is 318 g/mol. The predicted octanol–water partition coefficient (Wildman–Crippen LogP) is 2.97. The van der Waals surface area contributed by atoms with Crippen molar-refractivity contribution in [1.29, 1.82) is 0 Å². The molecule has 0 fully saturated rings. The van der Waals surface area contributed by atoms with E-state index in [1.165, 1.54) is 18.2 Å². The molecule has 0 spiro atoms. The highest BCUT2D eigenvalue weighted by molar-refractivity contribution is 5.78. The van der Waals surface area contributed by atoms with Crippen molar-refractivity contribution in [1.82, 2.24) is 10.6 Å². The lowest BCUT2D eigenvalue weighted by Gasteiger charge is -2.14. The number of halogens is 2. The first-order chi connectivity index (χ1) is 11.1. The zero-order chi connectivity index (χ0) is 16.7. The van der Waals surface area contributed by atoms with E-state index in [0.29, 0.717) is 18.5 Å². The Bertz CT molecular complexity index is 644. The summed E-state index contributed by atoms with van der Waals surface area (Å²) in [5.74, 6) is -0.719. The molecule has 0 aliphatic rings. The van der Waals surface area contributed by atoms with Crippen LogP contribution in [0.25, 0.3) is 0 Å². The predicted molar refractivity (Wildman–Crippen MR) is 85.9 cm³/mol. The first-order valence-corrected chi connectivity index (χ1v) is 7.55. The highest BCUT2D eigenvalue weighted by atomic mass is 19.1. The van der Waals surface area contributed by atoms with Crippen LogP contribution >= 0.6 is 0 Å². The molecule has 1 amide bonds. The summed E-state index contributed by atoms with van der Waals surface area (Å²) in [6.07, 6.45) is 0.634. The van der Waals surface area contributed by atoms with E-state index in [0.717, 1.165) is 5.56 Å². The van der Waals surface area contributed by atoms with Gasteiger partial charge in [0.05, 0.1) is 6.54 Å². The highest BCUT2D eigenvalue weighted by Crippen LogP contribution is 2.15. The Hall–Kier alpha value is -2.27. The molecular formula is C18H20F2N2O. The summed E-state index contributed by atoms with van der Waals surface area (Å²) in [7, 11) is 0. The first kappa shape index (κ1) is 17.1. The maximum atomic E-state index is 13.6. The van der Waals surface area contributed by atoms with Gasteiger partial charge in [0.1, 0.15) is 11.6 Å². The van der Waals surface area contributed by atoms with Crippen molar-refractivity contribution in [2.75, 3.05) is 13.1 Å². The second kappa shape index (κ2) is 8.39. The van der Waals surface area contributed by atoms with Gasteiger partial charge in [-0.05, 0) is 37.1 Å². The number of amides is 1. The van der Waals surface area contributed by atoms with Crippen LogP contribution in [-0.4, -0.2) is 19.0 Å². The molecule has 2 rings (SSSR count). The van der Waals surface area contributed by atoms with Gasteiger partial charge in [0.2, 0.25) is 5.91 Å². The van der Waals surface area contributed by atoms with E-state index >= 15 is 0 Å². The van der Waals surface area contributed by atoms with Gasteiger partial charge in [0.25, 0.3) is 0 Å². The van der Waals surface area contributed by atoms with E-state index in [9.17, 15) is 13.6 Å². The quantitative estimate of drug-likeness (QED) is 0.824. The lowest BCUT2D eigenvalue weighted by Crippen LogP contribution is -2.36. The van der Waals surface area contributed by atoms with Crippen LogP contribution in [0.4, 0.5) is 8.78 Å². The van der Waals surface area contributed by atoms with Crippen LogP contribution in [0, 0.1) is 11.6 Å². The molecule has 3 nitrogen and oxygen atoms in total. The fourth-order valence-corrected chi connectivity index (χ4v) is 2.24. The Kier molecular flexibility index (Phi) is 6.23. The second-order valence-electron chi connectivity index (χ2n) is 5.35. The van der Waals surface area contributed by atoms with Crippen molar-refractivity contribution in [3.63, 3.8) is 0 Å². The van der Waals surface area contributed by atoms with Crippen molar-refractivity contribution in [3.05, 3.63) is 71.3 Å². The average molecular weight is 318 g/mol. The lowest BCUT2D eigenvalue weighted by atomic mass is 10.1. The Balaban J connectivity index is 1.71. The Morgan fingerprint density at radius 1 is 1.09 bits per heavy atom. The molecule has 5 heteroatoms. The van der Waals surface area contributed by atoms with E-state index < -0.39 is 0 Å². The van der Waals surface area contributed by atoms with Gasteiger partial charge in [-0.2, -0.15) is 0 Å². The molecule has 2 N–H and O–H groups in total. The maximum absolute atomic E-state index is 13.6. The summed E-state index contributed by atoms with van der Waals surface area (Å²) in [6, 6.07) is 12.4. The topological polar surface area (TPSA) is 41.1 Å². The van der Waals surface area contributed by atoms with Crippen LogP contribution in [0.5, 0.6) is 0 Å². The molecule has 0 saturated heterocycles. The van der Waals surface area contributed by atoms with Crippen molar-refractivity contribution in [2.45, 2.75) is 19.4 Å². The Labute approximate surface area is 134 Å². The highest BCUT2D eigenvalue weighted by Gasteiger charge is 2.11. The standard InChI is InChI=1S/C18H20F2N2O/c1-13(16-4-2-3-5-17(16)20)22-12-18(23)21-11-10-14-6-8-15(19)9-7-14/h2-9,13,22H,10-12H2,1H3,(H,21,23). The molecule has 2 aromatic carbocycles. The fraction of sp³-hybridized carbons (Fsp3) is 0.278. The third kappa shape index (κ3) is 5.45. The molecule has 1 unspecified atom stereocenters. The number of hydrogen-bond donors (Lipinski definition) is 2. The van der Waals surface area contributed by atoms with Crippen LogP contribution in [0.3, 0.4) is 0 Å². The molecule has 0 heterocycles. The van der Waals surface area contributed by atoms with Gasteiger partial charge in [0, 0.05) is 18.2 Å². The molecule has 122 valence electrons. The largest absolute Gasteiger partial charge is 0.355 e. The third-order valence-electron chi connectivity index (χ3n) is 3.59. The van der Waals surface area contributed by atoms with Crippen molar-refractivity contribution in [2.24, 2.45) is 0 Å². The van der Waals surface area contributed by atoms with E-state index in [1.54, 1.807) is 30.3 Å². The van der Waals surface area contributed by atoms with Gasteiger partial charge < -0.3 is 10.6 Å². The summed E-state index contributed by atoms with van der Waals surface area (Å²) in [4.78, 5) is 11.8. The zero-order valence-electron chi connectivity index (χ0n) is 13.0. The summed E-state index contributed by atoms with van der Waals surface area (Å²) in [6.45, 7) is 2.39. The molecule has 0 radical (unpaired) electrons. The smallest absolute Gasteiger partial charge is 0.233 e. The zero-order valence-corrected chi connectivity index (χ0v) is 13.0. The van der Waals surface area contributed by atoms with Gasteiger partial charge >= 0.3 is 0 Å². The number of rotatable bonds is 7. The van der Waals surface area contributed by atoms with E-state index in [-0.39, 0.29) is 30.1 Å². The van der Waals surface area contributed by atoms with Gasteiger partial charge in [-0.3, -0.25) is 4.79 Å². The molecule has 2 aromatic rings. The molecule has 0 aliphatic carbocycles. The van der Waals surface area contributed by atoms with Crippen molar-refractivity contribution < 1.29 is 13.6 Å². The number of hydrogen-bond acceptors (Lipinski definition) is 2. The summed E-state index contributed by atoms with van der Waals surface area (Å²) in [5.41, 5.74) is 1.49. The minimum Gasteiger partial charge on any atom is -0.355 e. The maximum Gasteiger partial charge on any atom is 0.233 e. The normalized spacial score (nSPS) is 12.0. The van der Waals surface area contributed by atoms with Crippen LogP contribution in [0.2, 0.25) is 0 Å². The van der Waals surface area contributed by atoms with Crippen molar-refractivity contribution >= 4 is 5.91 Å². The molecule has 0 bridgehead atoms. The summed E-state index contributed by atoms with van der Waals surface area (Å²) in [5, 5.41) is 5.77. The van der Waals surface area contributed by atoms with E-state index in [1.807, 2.05) is 6.92 Å². The van der Waals surface area contributed by atoms with Crippen LogP contribution < -0.4 is 10.6 Å². The molecule has 23 heavy (non-hydrogen) atoms.